The lowest BCUT2D eigenvalue weighted by Crippen LogP contribution is -2.27. The lowest BCUT2D eigenvalue weighted by molar-refractivity contribution is 0.239. The standard InChI is InChI=1S/C21H18FN3O2/c22-14-7-5-13(6-8-14)11-25(15-9-10-15)12-18-23-19-16-3-1-2-4-17(16)27-20(19)21(26)24-18/h1-8,15H,9-12H2,(H,23,24,26). The fraction of sp³-hybridized carbons (Fsp3) is 0.238. The van der Waals surface area contributed by atoms with Gasteiger partial charge in [-0.05, 0) is 42.7 Å². The zero-order valence-corrected chi connectivity index (χ0v) is 14.6. The molecule has 2 aromatic heterocycles. The van der Waals surface area contributed by atoms with Crippen LogP contribution >= 0.6 is 0 Å². The Morgan fingerprint density at radius 3 is 2.67 bits per heavy atom. The maximum atomic E-state index is 13.2. The topological polar surface area (TPSA) is 62.1 Å². The molecule has 2 aromatic carbocycles. The van der Waals surface area contributed by atoms with Gasteiger partial charge in [0.05, 0.1) is 6.54 Å². The molecule has 27 heavy (non-hydrogen) atoms. The van der Waals surface area contributed by atoms with Crippen LogP contribution < -0.4 is 5.56 Å². The third kappa shape index (κ3) is 3.13. The van der Waals surface area contributed by atoms with Crippen molar-refractivity contribution in [3.63, 3.8) is 0 Å². The number of nitrogens with one attached hydrogen (secondary N) is 1. The molecule has 1 aliphatic rings. The molecule has 1 N–H and O–H groups in total. The van der Waals surface area contributed by atoms with E-state index in [0.29, 0.717) is 36.1 Å². The lowest BCUT2D eigenvalue weighted by Gasteiger charge is -2.21. The van der Waals surface area contributed by atoms with Crippen molar-refractivity contribution in [2.45, 2.75) is 32.0 Å². The Morgan fingerprint density at radius 2 is 1.89 bits per heavy atom. The summed E-state index contributed by atoms with van der Waals surface area (Å²) < 4.78 is 18.8. The van der Waals surface area contributed by atoms with Crippen molar-refractivity contribution in [2.75, 3.05) is 0 Å². The minimum Gasteiger partial charge on any atom is -0.449 e. The van der Waals surface area contributed by atoms with Gasteiger partial charge in [-0.2, -0.15) is 0 Å². The minimum absolute atomic E-state index is 0.236. The lowest BCUT2D eigenvalue weighted by atomic mass is 10.2. The van der Waals surface area contributed by atoms with Crippen molar-refractivity contribution in [3.05, 3.63) is 76.1 Å². The van der Waals surface area contributed by atoms with Gasteiger partial charge >= 0.3 is 0 Å². The van der Waals surface area contributed by atoms with E-state index in [1.807, 2.05) is 24.3 Å². The van der Waals surface area contributed by atoms with E-state index in [1.54, 1.807) is 12.1 Å². The Bertz CT molecular complexity index is 1180. The number of benzene rings is 2. The Morgan fingerprint density at radius 1 is 1.11 bits per heavy atom. The molecule has 6 heteroatoms. The fourth-order valence-corrected chi connectivity index (χ4v) is 3.49. The molecule has 0 atom stereocenters. The summed E-state index contributed by atoms with van der Waals surface area (Å²) in [6, 6.07) is 14.5. The van der Waals surface area contributed by atoms with Crippen molar-refractivity contribution >= 4 is 22.1 Å². The largest absolute Gasteiger partial charge is 0.449 e. The summed E-state index contributed by atoms with van der Waals surface area (Å²) in [5.74, 6) is 0.382. The van der Waals surface area contributed by atoms with Crippen molar-refractivity contribution in [3.8, 4) is 0 Å². The third-order valence-electron chi connectivity index (χ3n) is 5.00. The van der Waals surface area contributed by atoms with E-state index >= 15 is 0 Å². The highest BCUT2D eigenvalue weighted by molar-refractivity contribution is 6.01. The first-order valence-corrected chi connectivity index (χ1v) is 9.06. The van der Waals surface area contributed by atoms with Crippen molar-refractivity contribution < 1.29 is 8.81 Å². The molecule has 0 spiro atoms. The first-order valence-electron chi connectivity index (χ1n) is 9.06. The van der Waals surface area contributed by atoms with Crippen LogP contribution in [-0.4, -0.2) is 20.9 Å². The van der Waals surface area contributed by atoms with Gasteiger partial charge in [0.2, 0.25) is 5.58 Å². The number of halogens is 1. The number of hydrogen-bond acceptors (Lipinski definition) is 4. The highest BCUT2D eigenvalue weighted by Gasteiger charge is 2.29. The molecule has 0 radical (unpaired) electrons. The minimum atomic E-state index is -0.260. The molecule has 1 fully saturated rings. The van der Waals surface area contributed by atoms with E-state index in [0.717, 1.165) is 23.8 Å². The Labute approximate surface area is 154 Å². The molecule has 0 unspecified atom stereocenters. The molecule has 0 bridgehead atoms. The van der Waals surface area contributed by atoms with Crippen LogP contribution in [0.4, 0.5) is 4.39 Å². The van der Waals surface area contributed by atoms with E-state index in [9.17, 15) is 9.18 Å². The normalized spacial score (nSPS) is 14.4. The maximum absolute atomic E-state index is 13.2. The summed E-state index contributed by atoms with van der Waals surface area (Å²) in [5.41, 5.74) is 2.30. The Balaban J connectivity index is 1.49. The van der Waals surface area contributed by atoms with Gasteiger partial charge in [0, 0.05) is 18.0 Å². The fourth-order valence-electron chi connectivity index (χ4n) is 3.49. The van der Waals surface area contributed by atoms with Gasteiger partial charge < -0.3 is 9.40 Å². The predicted molar refractivity (Wildman–Crippen MR) is 101 cm³/mol. The molecular weight excluding hydrogens is 345 g/mol. The highest BCUT2D eigenvalue weighted by atomic mass is 19.1. The summed E-state index contributed by atoms with van der Waals surface area (Å²) in [6.45, 7) is 1.23. The van der Waals surface area contributed by atoms with Gasteiger partial charge in [-0.3, -0.25) is 9.69 Å². The number of aromatic nitrogens is 2. The van der Waals surface area contributed by atoms with Crippen LogP contribution in [0.3, 0.4) is 0 Å². The summed E-state index contributed by atoms with van der Waals surface area (Å²) in [6.07, 6.45) is 2.25. The summed E-state index contributed by atoms with van der Waals surface area (Å²) >= 11 is 0. The molecule has 136 valence electrons. The summed E-state index contributed by atoms with van der Waals surface area (Å²) in [4.78, 5) is 22.3. The second-order valence-corrected chi connectivity index (χ2v) is 7.05. The zero-order valence-electron chi connectivity index (χ0n) is 14.6. The number of rotatable bonds is 5. The smallest absolute Gasteiger partial charge is 0.294 e. The van der Waals surface area contributed by atoms with E-state index in [1.165, 1.54) is 12.1 Å². The second-order valence-electron chi connectivity index (χ2n) is 7.05. The molecule has 0 saturated heterocycles. The molecule has 0 aliphatic heterocycles. The van der Waals surface area contributed by atoms with Crippen LogP contribution in [0.15, 0.2) is 57.7 Å². The van der Waals surface area contributed by atoms with Crippen LogP contribution in [0, 0.1) is 5.82 Å². The van der Waals surface area contributed by atoms with Gasteiger partial charge in [0.15, 0.2) is 0 Å². The Kier molecular flexibility index (Phi) is 3.79. The number of H-pyrrole nitrogens is 1. The molecule has 1 saturated carbocycles. The number of nitrogens with zero attached hydrogens (tertiary/aromatic N) is 2. The number of aromatic amines is 1. The molecular formula is C21H18FN3O2. The van der Waals surface area contributed by atoms with Crippen LogP contribution in [0.25, 0.3) is 22.1 Å². The third-order valence-corrected chi connectivity index (χ3v) is 5.00. The molecule has 0 amide bonds. The quantitative estimate of drug-likeness (QED) is 0.583. The summed E-state index contributed by atoms with van der Waals surface area (Å²) in [5, 5.41) is 0.844. The maximum Gasteiger partial charge on any atom is 0.294 e. The van der Waals surface area contributed by atoms with Gasteiger partial charge in [-0.25, -0.2) is 9.37 Å². The molecule has 2 heterocycles. The average molecular weight is 363 g/mol. The number of furan rings is 1. The average Bonchev–Trinajstić information content (AvgIpc) is 3.45. The van der Waals surface area contributed by atoms with Crippen LogP contribution in [-0.2, 0) is 13.1 Å². The molecule has 5 nitrogen and oxygen atoms in total. The van der Waals surface area contributed by atoms with Crippen LogP contribution in [0.2, 0.25) is 0 Å². The van der Waals surface area contributed by atoms with Gasteiger partial charge in [0.1, 0.15) is 22.7 Å². The summed E-state index contributed by atoms with van der Waals surface area (Å²) in [7, 11) is 0. The van der Waals surface area contributed by atoms with E-state index in [4.69, 9.17) is 4.42 Å². The molecule has 4 aromatic rings. The van der Waals surface area contributed by atoms with Crippen LogP contribution in [0.1, 0.15) is 24.2 Å². The van der Waals surface area contributed by atoms with Crippen molar-refractivity contribution in [2.24, 2.45) is 0 Å². The highest BCUT2D eigenvalue weighted by Crippen LogP contribution is 2.30. The van der Waals surface area contributed by atoms with Crippen LogP contribution in [0.5, 0.6) is 0 Å². The first-order chi connectivity index (χ1) is 13.2. The number of hydrogen-bond donors (Lipinski definition) is 1. The zero-order chi connectivity index (χ0) is 18.4. The monoisotopic (exact) mass is 363 g/mol. The first kappa shape index (κ1) is 16.2. The van der Waals surface area contributed by atoms with E-state index in [-0.39, 0.29) is 17.0 Å². The van der Waals surface area contributed by atoms with Gasteiger partial charge in [-0.1, -0.05) is 24.3 Å². The van der Waals surface area contributed by atoms with E-state index in [2.05, 4.69) is 14.9 Å². The van der Waals surface area contributed by atoms with E-state index < -0.39 is 0 Å². The molecule has 1 aliphatic carbocycles. The second kappa shape index (κ2) is 6.32. The Hall–Kier alpha value is -2.99. The van der Waals surface area contributed by atoms with Crippen molar-refractivity contribution in [1.29, 1.82) is 0 Å². The van der Waals surface area contributed by atoms with Gasteiger partial charge in [-0.15, -0.1) is 0 Å². The molecule has 5 rings (SSSR count). The van der Waals surface area contributed by atoms with Gasteiger partial charge in [0.25, 0.3) is 5.56 Å². The van der Waals surface area contributed by atoms with Crippen molar-refractivity contribution in [1.82, 2.24) is 14.9 Å². The number of para-hydroxylation sites is 1. The SMILES string of the molecule is O=c1[nH]c(CN(Cc2ccc(F)cc2)C2CC2)nc2c1oc1ccccc12. The number of fused-ring (bicyclic) bond motifs is 3. The predicted octanol–water partition coefficient (Wildman–Crippen LogP) is 3.97.